The lowest BCUT2D eigenvalue weighted by Gasteiger charge is -2.17. The number of thiazole rings is 1. The highest BCUT2D eigenvalue weighted by molar-refractivity contribution is 9.10. The average molecular weight is 354 g/mol. The van der Waals surface area contributed by atoms with E-state index in [1.807, 2.05) is 43.5 Å². The van der Waals surface area contributed by atoms with Gasteiger partial charge in [-0.3, -0.25) is 4.79 Å². The van der Waals surface area contributed by atoms with Crippen LogP contribution in [0.3, 0.4) is 0 Å². The van der Waals surface area contributed by atoms with Crippen LogP contribution in [-0.2, 0) is 4.79 Å². The minimum Gasteiger partial charge on any atom is -0.374 e. The molecule has 2 aromatic rings. The van der Waals surface area contributed by atoms with Gasteiger partial charge < -0.3 is 10.6 Å². The highest BCUT2D eigenvalue weighted by atomic mass is 79.9. The van der Waals surface area contributed by atoms with E-state index in [-0.39, 0.29) is 11.9 Å². The van der Waals surface area contributed by atoms with E-state index in [1.54, 1.807) is 0 Å². The van der Waals surface area contributed by atoms with Gasteiger partial charge in [0.05, 0.1) is 5.69 Å². The number of anilines is 2. The number of benzene rings is 1. The third-order valence-electron chi connectivity index (χ3n) is 2.76. The van der Waals surface area contributed by atoms with Crippen molar-refractivity contribution in [2.24, 2.45) is 0 Å². The Morgan fingerprint density at radius 2 is 2.10 bits per heavy atom. The van der Waals surface area contributed by atoms with Crippen LogP contribution in [0.5, 0.6) is 0 Å². The summed E-state index contributed by atoms with van der Waals surface area (Å²) in [4.78, 5) is 16.4. The monoisotopic (exact) mass is 353 g/mol. The van der Waals surface area contributed by atoms with Gasteiger partial charge in [0.25, 0.3) is 0 Å². The Kier molecular flexibility index (Phi) is 5.14. The first kappa shape index (κ1) is 15.0. The first-order valence-corrected chi connectivity index (χ1v) is 8.01. The first-order chi connectivity index (χ1) is 9.58. The molecule has 1 atom stereocenters. The van der Waals surface area contributed by atoms with Gasteiger partial charge in [-0.2, -0.15) is 0 Å². The summed E-state index contributed by atoms with van der Waals surface area (Å²) in [6.07, 6.45) is 0.701. The van der Waals surface area contributed by atoms with Crippen molar-refractivity contribution in [2.45, 2.75) is 26.3 Å². The lowest BCUT2D eigenvalue weighted by molar-refractivity contribution is -0.116. The highest BCUT2D eigenvalue weighted by Crippen LogP contribution is 2.18. The third kappa shape index (κ3) is 4.05. The molecule has 0 saturated carbocycles. The zero-order valence-electron chi connectivity index (χ0n) is 11.3. The number of amides is 1. The second-order valence-electron chi connectivity index (χ2n) is 4.40. The fourth-order valence-electron chi connectivity index (χ4n) is 1.70. The van der Waals surface area contributed by atoms with Crippen LogP contribution in [0.25, 0.3) is 0 Å². The van der Waals surface area contributed by atoms with Gasteiger partial charge in [-0.1, -0.05) is 22.9 Å². The molecule has 0 aliphatic rings. The van der Waals surface area contributed by atoms with Gasteiger partial charge >= 0.3 is 0 Å². The summed E-state index contributed by atoms with van der Waals surface area (Å²) in [5.74, 6) is -0.0650. The molecule has 1 aromatic carbocycles. The van der Waals surface area contributed by atoms with Crippen molar-refractivity contribution < 1.29 is 4.79 Å². The lowest BCUT2D eigenvalue weighted by atomic mass is 10.2. The Morgan fingerprint density at radius 1 is 1.40 bits per heavy atom. The average Bonchev–Trinajstić information content (AvgIpc) is 2.83. The van der Waals surface area contributed by atoms with E-state index in [9.17, 15) is 4.79 Å². The van der Waals surface area contributed by atoms with Gasteiger partial charge in [-0.05, 0) is 37.6 Å². The van der Waals surface area contributed by atoms with Crippen LogP contribution in [0.1, 0.15) is 19.0 Å². The first-order valence-electron chi connectivity index (χ1n) is 6.33. The number of carbonyl (C=O) groups excluding carboxylic acids is 1. The van der Waals surface area contributed by atoms with Crippen molar-refractivity contribution in [3.63, 3.8) is 0 Å². The van der Waals surface area contributed by atoms with E-state index in [0.29, 0.717) is 11.6 Å². The highest BCUT2D eigenvalue weighted by Gasteiger charge is 2.17. The number of hydrogen-bond donors (Lipinski definition) is 2. The van der Waals surface area contributed by atoms with Crippen LogP contribution < -0.4 is 10.6 Å². The quantitative estimate of drug-likeness (QED) is 0.852. The van der Waals surface area contributed by atoms with E-state index in [0.717, 1.165) is 15.9 Å². The molecule has 0 aliphatic heterocycles. The molecule has 0 bridgehead atoms. The molecule has 1 heterocycles. The van der Waals surface area contributed by atoms with E-state index >= 15 is 0 Å². The van der Waals surface area contributed by atoms with Crippen LogP contribution in [-0.4, -0.2) is 16.9 Å². The van der Waals surface area contributed by atoms with Crippen LogP contribution in [0, 0.1) is 6.92 Å². The van der Waals surface area contributed by atoms with Gasteiger partial charge in [-0.15, -0.1) is 11.3 Å². The predicted octanol–water partition coefficient (Wildman–Crippen LogP) is 4.04. The Balaban J connectivity index is 2.00. The van der Waals surface area contributed by atoms with Crippen molar-refractivity contribution >= 4 is 44.0 Å². The molecule has 1 amide bonds. The molecule has 0 spiro atoms. The molecule has 20 heavy (non-hydrogen) atoms. The molecular weight excluding hydrogens is 338 g/mol. The summed E-state index contributed by atoms with van der Waals surface area (Å²) < 4.78 is 1.01. The standard InChI is InChI=1S/C14H16BrN3OS/c1-3-12(17-11-6-4-10(15)5-7-11)13(19)18-14-16-9(2)8-20-14/h4-8,12,17H,3H2,1-2H3,(H,16,18,19)/t12-/m1/s1. The molecule has 2 N–H and O–H groups in total. The Hall–Kier alpha value is -1.40. The van der Waals surface area contributed by atoms with Crippen molar-refractivity contribution in [1.82, 2.24) is 4.98 Å². The molecular formula is C14H16BrN3OS. The van der Waals surface area contributed by atoms with E-state index < -0.39 is 0 Å². The molecule has 0 radical (unpaired) electrons. The summed E-state index contributed by atoms with van der Waals surface area (Å²) in [6.45, 7) is 3.88. The molecule has 1 aromatic heterocycles. The summed E-state index contributed by atoms with van der Waals surface area (Å²) in [5.41, 5.74) is 1.84. The summed E-state index contributed by atoms with van der Waals surface area (Å²) in [6, 6.07) is 7.48. The maximum atomic E-state index is 12.2. The van der Waals surface area contributed by atoms with Gasteiger partial charge in [0.15, 0.2) is 5.13 Å². The minimum atomic E-state index is -0.277. The van der Waals surface area contributed by atoms with Crippen molar-refractivity contribution in [1.29, 1.82) is 0 Å². The number of aromatic nitrogens is 1. The number of halogens is 1. The molecule has 0 unspecified atom stereocenters. The molecule has 4 nitrogen and oxygen atoms in total. The molecule has 0 aliphatic carbocycles. The number of nitrogens with one attached hydrogen (secondary N) is 2. The number of rotatable bonds is 5. The van der Waals surface area contributed by atoms with Gasteiger partial charge in [0.2, 0.25) is 5.91 Å². The maximum Gasteiger partial charge on any atom is 0.248 e. The molecule has 2 rings (SSSR count). The molecule has 106 valence electrons. The van der Waals surface area contributed by atoms with E-state index in [4.69, 9.17) is 0 Å². The predicted molar refractivity (Wildman–Crippen MR) is 87.3 cm³/mol. The Bertz CT molecular complexity index is 582. The van der Waals surface area contributed by atoms with Crippen molar-refractivity contribution in [2.75, 3.05) is 10.6 Å². The number of aryl methyl sites for hydroxylation is 1. The maximum absolute atomic E-state index is 12.2. The summed E-state index contributed by atoms with van der Waals surface area (Å²) in [5, 5.41) is 8.63. The zero-order chi connectivity index (χ0) is 14.5. The van der Waals surface area contributed by atoms with Gasteiger partial charge in [0, 0.05) is 15.5 Å². The van der Waals surface area contributed by atoms with Crippen LogP contribution in [0.2, 0.25) is 0 Å². The second-order valence-corrected chi connectivity index (χ2v) is 6.17. The third-order valence-corrected chi connectivity index (χ3v) is 4.16. The summed E-state index contributed by atoms with van der Waals surface area (Å²) in [7, 11) is 0. The molecule has 0 fully saturated rings. The molecule has 6 heteroatoms. The zero-order valence-corrected chi connectivity index (χ0v) is 13.7. The van der Waals surface area contributed by atoms with Crippen LogP contribution in [0.15, 0.2) is 34.1 Å². The lowest BCUT2D eigenvalue weighted by Crippen LogP contribution is -2.34. The fraction of sp³-hybridized carbons (Fsp3) is 0.286. The van der Waals surface area contributed by atoms with E-state index in [2.05, 4.69) is 31.5 Å². The Morgan fingerprint density at radius 3 is 2.65 bits per heavy atom. The topological polar surface area (TPSA) is 54.0 Å². The van der Waals surface area contributed by atoms with Crippen molar-refractivity contribution in [3.05, 3.63) is 39.8 Å². The van der Waals surface area contributed by atoms with Gasteiger partial charge in [0.1, 0.15) is 6.04 Å². The smallest absolute Gasteiger partial charge is 0.248 e. The number of carbonyl (C=O) groups is 1. The normalized spacial score (nSPS) is 11.9. The molecule has 0 saturated heterocycles. The second kappa shape index (κ2) is 6.85. The Labute approximate surface area is 130 Å². The SMILES string of the molecule is CC[C@@H](Nc1ccc(Br)cc1)C(=O)Nc1nc(C)cs1. The van der Waals surface area contributed by atoms with E-state index in [1.165, 1.54) is 11.3 Å². The largest absolute Gasteiger partial charge is 0.374 e. The number of hydrogen-bond acceptors (Lipinski definition) is 4. The number of nitrogens with zero attached hydrogens (tertiary/aromatic N) is 1. The van der Waals surface area contributed by atoms with Gasteiger partial charge in [-0.25, -0.2) is 4.98 Å². The fourth-order valence-corrected chi connectivity index (χ4v) is 2.66. The van der Waals surface area contributed by atoms with Crippen LogP contribution >= 0.6 is 27.3 Å². The van der Waals surface area contributed by atoms with Crippen molar-refractivity contribution in [3.8, 4) is 0 Å². The summed E-state index contributed by atoms with van der Waals surface area (Å²) >= 11 is 4.83. The van der Waals surface area contributed by atoms with Crippen LogP contribution in [0.4, 0.5) is 10.8 Å². The minimum absolute atomic E-state index is 0.0650.